The number of hydrogen-bond donors (Lipinski definition) is 0. The van der Waals surface area contributed by atoms with Crippen LogP contribution in [0.15, 0.2) is 70.2 Å². The first-order chi connectivity index (χ1) is 12.9. The van der Waals surface area contributed by atoms with Crippen molar-refractivity contribution in [3.05, 3.63) is 89.0 Å². The predicted molar refractivity (Wildman–Crippen MR) is 114 cm³/mol. The van der Waals surface area contributed by atoms with Gasteiger partial charge in [0.25, 0.3) is 0 Å². The van der Waals surface area contributed by atoms with Crippen molar-refractivity contribution in [1.82, 2.24) is 0 Å². The van der Waals surface area contributed by atoms with E-state index in [0.717, 1.165) is 5.69 Å². The van der Waals surface area contributed by atoms with E-state index in [9.17, 15) is 0 Å². The monoisotopic (exact) mass is 439 g/mol. The first-order valence-corrected chi connectivity index (χ1v) is 11.4. The number of rotatable bonds is 4. The zero-order valence-electron chi connectivity index (χ0n) is 16.8. The van der Waals surface area contributed by atoms with Crippen LogP contribution in [0, 0.1) is 20.8 Å². The van der Waals surface area contributed by atoms with E-state index in [2.05, 4.69) is 106 Å². The molecule has 0 aliphatic rings. The molecule has 0 aliphatic carbocycles. The van der Waals surface area contributed by atoms with Crippen LogP contribution in [0.3, 0.4) is 0 Å². The Balaban J connectivity index is 2.02. The Kier molecular flexibility index (Phi) is 6.12. The molecular weight excluding hydrogens is 410 g/mol. The molecule has 138 valence electrons. The van der Waals surface area contributed by atoms with Gasteiger partial charge in [0.1, 0.15) is 0 Å². The fourth-order valence-corrected chi connectivity index (χ4v) is 5.30. The first-order valence-electron chi connectivity index (χ1n) is 9.32. The van der Waals surface area contributed by atoms with E-state index < -0.39 is 17.9 Å². The summed E-state index contributed by atoms with van der Waals surface area (Å²) in [6, 6.07) is 23.8. The molecule has 27 heavy (non-hydrogen) atoms. The molecule has 0 heterocycles. The summed E-state index contributed by atoms with van der Waals surface area (Å²) in [5.74, 6) is 0. The van der Waals surface area contributed by atoms with Crippen molar-refractivity contribution < 1.29 is 17.9 Å². The van der Waals surface area contributed by atoms with Crippen LogP contribution in [0.25, 0.3) is 11.1 Å². The SMILES string of the molecule is Cc1cc(C)c(-c2ccccc2[N]=[Mo]=[CH]C(C)(C)c2ccccc2)c(C)c1. The van der Waals surface area contributed by atoms with Crippen LogP contribution < -0.4 is 0 Å². The molecule has 2 heteroatoms. The van der Waals surface area contributed by atoms with Crippen LogP contribution in [-0.4, -0.2) is 4.40 Å². The molecular formula is C25H27MoN. The second-order valence-corrected chi connectivity index (χ2v) is 9.24. The Labute approximate surface area is 171 Å². The van der Waals surface area contributed by atoms with Gasteiger partial charge in [-0.2, -0.15) is 0 Å². The van der Waals surface area contributed by atoms with E-state index in [1.54, 1.807) is 0 Å². The summed E-state index contributed by atoms with van der Waals surface area (Å²) in [6.45, 7) is 11.1. The number of nitrogens with zero attached hydrogens (tertiary/aromatic N) is 1. The van der Waals surface area contributed by atoms with Crippen LogP contribution in [0.5, 0.6) is 0 Å². The summed E-state index contributed by atoms with van der Waals surface area (Å²) in [5.41, 5.74) is 9.07. The predicted octanol–water partition coefficient (Wildman–Crippen LogP) is 6.96. The van der Waals surface area contributed by atoms with Gasteiger partial charge in [0.2, 0.25) is 0 Å². The third-order valence-corrected chi connectivity index (χ3v) is 7.32. The van der Waals surface area contributed by atoms with Crippen molar-refractivity contribution >= 4 is 10.1 Å². The van der Waals surface area contributed by atoms with Gasteiger partial charge in [0.05, 0.1) is 0 Å². The van der Waals surface area contributed by atoms with E-state index in [-0.39, 0.29) is 5.41 Å². The Bertz CT molecular complexity index is 986. The van der Waals surface area contributed by atoms with Crippen molar-refractivity contribution in [2.45, 2.75) is 40.0 Å². The number of hydrogen-bond acceptors (Lipinski definition) is 1. The van der Waals surface area contributed by atoms with Crippen LogP contribution in [0.1, 0.15) is 36.1 Å². The fourth-order valence-electron chi connectivity index (χ4n) is 3.52. The first kappa shape index (κ1) is 19.8. The maximum atomic E-state index is 5.07. The molecule has 0 unspecified atom stereocenters. The molecule has 0 fully saturated rings. The van der Waals surface area contributed by atoms with Crippen LogP contribution in [0.4, 0.5) is 5.69 Å². The Morgan fingerprint density at radius 1 is 0.815 bits per heavy atom. The van der Waals surface area contributed by atoms with E-state index in [4.69, 9.17) is 3.50 Å². The van der Waals surface area contributed by atoms with Crippen LogP contribution in [-0.2, 0) is 23.3 Å². The maximum absolute atomic E-state index is 5.07. The molecule has 0 atom stereocenters. The van der Waals surface area contributed by atoms with Gasteiger partial charge in [-0.1, -0.05) is 0 Å². The molecule has 0 bridgehead atoms. The minimum absolute atomic E-state index is 0.0532. The zero-order valence-corrected chi connectivity index (χ0v) is 18.8. The molecule has 3 rings (SSSR count). The quantitative estimate of drug-likeness (QED) is 0.392. The number of benzene rings is 3. The summed E-state index contributed by atoms with van der Waals surface area (Å²) in [4.78, 5) is 0. The second-order valence-electron chi connectivity index (χ2n) is 7.69. The van der Waals surface area contributed by atoms with Gasteiger partial charge in [-0.05, 0) is 0 Å². The van der Waals surface area contributed by atoms with Gasteiger partial charge >= 0.3 is 172 Å². The average Bonchev–Trinajstić information content (AvgIpc) is 2.63. The summed E-state index contributed by atoms with van der Waals surface area (Å²) in [6.07, 6.45) is 0. The summed E-state index contributed by atoms with van der Waals surface area (Å²) in [7, 11) is 0. The van der Waals surface area contributed by atoms with Gasteiger partial charge in [-0.15, -0.1) is 0 Å². The topological polar surface area (TPSA) is 12.4 Å². The normalized spacial score (nSPS) is 11.1. The molecule has 0 saturated heterocycles. The van der Waals surface area contributed by atoms with Crippen molar-refractivity contribution in [2.75, 3.05) is 0 Å². The Morgan fingerprint density at radius 2 is 1.41 bits per heavy atom. The van der Waals surface area contributed by atoms with E-state index in [1.165, 1.54) is 33.4 Å². The van der Waals surface area contributed by atoms with Gasteiger partial charge < -0.3 is 0 Å². The van der Waals surface area contributed by atoms with Crippen LogP contribution in [0.2, 0.25) is 0 Å². The Morgan fingerprint density at radius 3 is 2.07 bits per heavy atom. The molecule has 0 amide bonds. The summed E-state index contributed by atoms with van der Waals surface area (Å²) in [5, 5.41) is 0. The average molecular weight is 437 g/mol. The van der Waals surface area contributed by atoms with Gasteiger partial charge in [0.15, 0.2) is 0 Å². The van der Waals surface area contributed by atoms with Gasteiger partial charge in [0, 0.05) is 0 Å². The molecule has 0 aromatic heterocycles. The van der Waals surface area contributed by atoms with Crippen molar-refractivity contribution in [1.29, 1.82) is 0 Å². The van der Waals surface area contributed by atoms with Gasteiger partial charge in [-0.25, -0.2) is 0 Å². The van der Waals surface area contributed by atoms with E-state index in [1.807, 2.05) is 0 Å². The van der Waals surface area contributed by atoms with Crippen molar-refractivity contribution in [3.8, 4) is 11.1 Å². The van der Waals surface area contributed by atoms with E-state index >= 15 is 0 Å². The molecule has 0 N–H and O–H groups in total. The summed E-state index contributed by atoms with van der Waals surface area (Å²) >= 11 is -0.605. The zero-order chi connectivity index (χ0) is 19.4. The molecule has 0 aliphatic heterocycles. The Hall–Kier alpha value is -1.98. The third-order valence-electron chi connectivity index (χ3n) is 4.87. The molecule has 0 saturated carbocycles. The molecule has 3 aromatic rings. The van der Waals surface area contributed by atoms with Gasteiger partial charge in [-0.3, -0.25) is 0 Å². The van der Waals surface area contributed by atoms with E-state index in [0.29, 0.717) is 0 Å². The standard InChI is InChI=1S/C15H15N.C10H12.Mo/c1-10-8-11(2)15(12(3)9-10)13-6-4-5-7-14(13)16;1-10(2,3)9-7-5-4-6-8-9;/h4-9H,1-3H3;1,4-8H,2-3H3;. The molecule has 0 radical (unpaired) electrons. The second kappa shape index (κ2) is 8.36. The molecule has 3 aromatic carbocycles. The van der Waals surface area contributed by atoms with Crippen molar-refractivity contribution in [2.24, 2.45) is 3.50 Å². The fraction of sp³-hybridized carbons (Fsp3) is 0.240. The van der Waals surface area contributed by atoms with Crippen molar-refractivity contribution in [3.63, 3.8) is 0 Å². The molecule has 1 nitrogen and oxygen atoms in total. The van der Waals surface area contributed by atoms with Crippen LogP contribution >= 0.6 is 0 Å². The third kappa shape index (κ3) is 4.65. The minimum atomic E-state index is -0.605. The number of aryl methyl sites for hydroxylation is 3. The molecule has 0 spiro atoms. The summed E-state index contributed by atoms with van der Waals surface area (Å²) < 4.78 is 7.50.